The highest BCUT2D eigenvalue weighted by Crippen LogP contribution is 2.22. The van der Waals surface area contributed by atoms with Crippen molar-refractivity contribution in [1.29, 1.82) is 5.26 Å². The van der Waals surface area contributed by atoms with Gasteiger partial charge in [0.25, 0.3) is 0 Å². The van der Waals surface area contributed by atoms with Gasteiger partial charge in [-0.15, -0.1) is 0 Å². The second-order valence-corrected chi connectivity index (χ2v) is 3.31. The zero-order chi connectivity index (χ0) is 11.5. The first-order valence-electron chi connectivity index (χ1n) is 4.61. The Hall–Kier alpha value is -2.41. The molecular weight excluding hydrogens is 205 g/mol. The van der Waals surface area contributed by atoms with Gasteiger partial charge in [-0.2, -0.15) is 5.26 Å². The van der Waals surface area contributed by atoms with Crippen molar-refractivity contribution in [2.24, 2.45) is 0 Å². The van der Waals surface area contributed by atoms with Crippen LogP contribution in [0.25, 0.3) is 11.1 Å². The number of anilines is 1. The smallest absolute Gasteiger partial charge is 0.141 e. The molecule has 4 heteroatoms. The summed E-state index contributed by atoms with van der Waals surface area (Å²) in [7, 11) is 0. The second-order valence-electron chi connectivity index (χ2n) is 3.31. The highest BCUT2D eigenvalue weighted by atomic mass is 19.1. The number of nitrogen functional groups attached to an aromatic ring is 1. The molecule has 0 atom stereocenters. The summed E-state index contributed by atoms with van der Waals surface area (Å²) in [4.78, 5) is 3.92. The minimum atomic E-state index is -0.539. The minimum absolute atomic E-state index is 0.0283. The normalized spacial score (nSPS) is 9.75. The van der Waals surface area contributed by atoms with Crippen molar-refractivity contribution in [3.05, 3.63) is 48.0 Å². The monoisotopic (exact) mass is 213 g/mol. The Morgan fingerprint density at radius 2 is 2.00 bits per heavy atom. The summed E-state index contributed by atoms with van der Waals surface area (Å²) in [5.74, 6) is -0.539. The topological polar surface area (TPSA) is 62.7 Å². The fourth-order valence-electron chi connectivity index (χ4n) is 1.40. The summed E-state index contributed by atoms with van der Waals surface area (Å²) >= 11 is 0. The van der Waals surface area contributed by atoms with Gasteiger partial charge in [-0.1, -0.05) is 6.07 Å². The van der Waals surface area contributed by atoms with E-state index in [-0.39, 0.29) is 5.56 Å². The molecule has 2 aromatic rings. The average Bonchev–Trinajstić information content (AvgIpc) is 2.29. The molecule has 1 aromatic carbocycles. The van der Waals surface area contributed by atoms with Gasteiger partial charge in [0.1, 0.15) is 11.9 Å². The Labute approximate surface area is 92.0 Å². The molecule has 1 heterocycles. The van der Waals surface area contributed by atoms with Crippen LogP contribution in [0, 0.1) is 17.1 Å². The van der Waals surface area contributed by atoms with Gasteiger partial charge in [-0.25, -0.2) is 4.39 Å². The maximum Gasteiger partial charge on any atom is 0.141 e. The fourth-order valence-corrected chi connectivity index (χ4v) is 1.40. The molecule has 2 rings (SSSR count). The summed E-state index contributed by atoms with van der Waals surface area (Å²) < 4.78 is 13.4. The molecule has 0 fully saturated rings. The Morgan fingerprint density at radius 1 is 1.19 bits per heavy atom. The number of aromatic nitrogens is 1. The Kier molecular flexibility index (Phi) is 2.52. The molecule has 0 radical (unpaired) electrons. The molecule has 0 saturated heterocycles. The molecule has 2 N–H and O–H groups in total. The van der Waals surface area contributed by atoms with Crippen LogP contribution in [0.15, 0.2) is 36.7 Å². The van der Waals surface area contributed by atoms with Crippen LogP contribution < -0.4 is 5.73 Å². The van der Waals surface area contributed by atoms with Crippen molar-refractivity contribution < 1.29 is 4.39 Å². The number of hydrogen-bond donors (Lipinski definition) is 1. The van der Waals surface area contributed by atoms with Gasteiger partial charge < -0.3 is 5.73 Å². The SMILES string of the molecule is N#Cc1ccc(-c2cncc(N)c2)cc1F. The van der Waals surface area contributed by atoms with E-state index in [0.717, 1.165) is 5.56 Å². The van der Waals surface area contributed by atoms with E-state index in [1.54, 1.807) is 24.4 Å². The number of nitrogens with two attached hydrogens (primary N) is 1. The van der Waals surface area contributed by atoms with Crippen molar-refractivity contribution in [3.63, 3.8) is 0 Å². The summed E-state index contributed by atoms with van der Waals surface area (Å²) in [6.07, 6.45) is 3.11. The molecule has 0 aliphatic carbocycles. The van der Waals surface area contributed by atoms with Gasteiger partial charge in [0.15, 0.2) is 0 Å². The first kappa shape index (κ1) is 10.1. The number of halogens is 1. The summed E-state index contributed by atoms with van der Waals surface area (Å²) in [5, 5.41) is 8.60. The second kappa shape index (κ2) is 3.99. The van der Waals surface area contributed by atoms with Gasteiger partial charge in [-0.3, -0.25) is 4.98 Å². The molecular formula is C12H8FN3. The lowest BCUT2D eigenvalue weighted by atomic mass is 10.1. The molecule has 0 bridgehead atoms. The molecule has 0 amide bonds. The van der Waals surface area contributed by atoms with Crippen molar-refractivity contribution in [2.75, 3.05) is 5.73 Å². The van der Waals surface area contributed by atoms with E-state index in [2.05, 4.69) is 4.98 Å². The minimum Gasteiger partial charge on any atom is -0.397 e. The van der Waals surface area contributed by atoms with Gasteiger partial charge in [0, 0.05) is 18.0 Å². The van der Waals surface area contributed by atoms with Crippen LogP contribution in [-0.2, 0) is 0 Å². The van der Waals surface area contributed by atoms with Crippen LogP contribution in [0.4, 0.5) is 10.1 Å². The van der Waals surface area contributed by atoms with Gasteiger partial charge in [0.05, 0.1) is 11.3 Å². The zero-order valence-corrected chi connectivity index (χ0v) is 8.31. The summed E-state index contributed by atoms with van der Waals surface area (Å²) in [5.41, 5.74) is 7.50. The van der Waals surface area contributed by atoms with Crippen molar-refractivity contribution in [2.45, 2.75) is 0 Å². The number of pyridine rings is 1. The molecule has 0 saturated carbocycles. The number of benzene rings is 1. The van der Waals surface area contributed by atoms with Crippen LogP contribution in [0.1, 0.15) is 5.56 Å². The standard InChI is InChI=1S/C12H8FN3/c13-12-4-8(1-2-9(12)5-14)10-3-11(15)7-16-6-10/h1-4,6-7H,15H2. The molecule has 0 spiro atoms. The molecule has 0 aliphatic heterocycles. The van der Waals surface area contributed by atoms with Crippen LogP contribution in [0.3, 0.4) is 0 Å². The molecule has 0 aliphatic rings. The van der Waals surface area contributed by atoms with E-state index in [1.807, 2.05) is 0 Å². The van der Waals surface area contributed by atoms with Crippen molar-refractivity contribution >= 4 is 5.69 Å². The number of nitrogens with zero attached hydrogens (tertiary/aromatic N) is 2. The van der Waals surface area contributed by atoms with Crippen LogP contribution in [-0.4, -0.2) is 4.98 Å². The van der Waals surface area contributed by atoms with Crippen LogP contribution in [0.2, 0.25) is 0 Å². The average molecular weight is 213 g/mol. The fraction of sp³-hybridized carbons (Fsp3) is 0. The third-order valence-corrected chi connectivity index (χ3v) is 2.18. The third kappa shape index (κ3) is 1.84. The molecule has 0 unspecified atom stereocenters. The number of rotatable bonds is 1. The quantitative estimate of drug-likeness (QED) is 0.790. The van der Waals surface area contributed by atoms with E-state index in [0.29, 0.717) is 11.3 Å². The molecule has 78 valence electrons. The highest BCUT2D eigenvalue weighted by Gasteiger charge is 2.04. The largest absolute Gasteiger partial charge is 0.397 e. The maximum atomic E-state index is 13.4. The van der Waals surface area contributed by atoms with Crippen molar-refractivity contribution in [1.82, 2.24) is 4.98 Å². The van der Waals surface area contributed by atoms with Gasteiger partial charge >= 0.3 is 0 Å². The lowest BCUT2D eigenvalue weighted by molar-refractivity contribution is 0.624. The first-order chi connectivity index (χ1) is 7.70. The first-order valence-corrected chi connectivity index (χ1v) is 4.61. The third-order valence-electron chi connectivity index (χ3n) is 2.18. The van der Waals surface area contributed by atoms with Gasteiger partial charge in [-0.05, 0) is 23.8 Å². The van der Waals surface area contributed by atoms with E-state index >= 15 is 0 Å². The van der Waals surface area contributed by atoms with E-state index in [4.69, 9.17) is 11.0 Å². The summed E-state index contributed by atoms with van der Waals surface area (Å²) in [6, 6.07) is 7.88. The summed E-state index contributed by atoms with van der Waals surface area (Å²) in [6.45, 7) is 0. The number of nitriles is 1. The van der Waals surface area contributed by atoms with Gasteiger partial charge in [0.2, 0.25) is 0 Å². The Morgan fingerprint density at radius 3 is 2.62 bits per heavy atom. The van der Waals surface area contributed by atoms with E-state index in [1.165, 1.54) is 18.3 Å². The Bertz CT molecular complexity index is 573. The van der Waals surface area contributed by atoms with E-state index in [9.17, 15) is 4.39 Å². The Balaban J connectivity index is 2.50. The van der Waals surface area contributed by atoms with Crippen molar-refractivity contribution in [3.8, 4) is 17.2 Å². The maximum absolute atomic E-state index is 13.4. The molecule has 3 nitrogen and oxygen atoms in total. The van der Waals surface area contributed by atoms with Crippen LogP contribution in [0.5, 0.6) is 0 Å². The van der Waals surface area contributed by atoms with Crippen LogP contribution >= 0.6 is 0 Å². The highest BCUT2D eigenvalue weighted by molar-refractivity contribution is 5.66. The number of hydrogen-bond acceptors (Lipinski definition) is 3. The lowest BCUT2D eigenvalue weighted by Gasteiger charge is -2.02. The zero-order valence-electron chi connectivity index (χ0n) is 8.31. The predicted octanol–water partition coefficient (Wildman–Crippen LogP) is 2.34. The molecule has 16 heavy (non-hydrogen) atoms. The molecule has 1 aromatic heterocycles. The predicted molar refractivity (Wildman–Crippen MR) is 58.8 cm³/mol. The lowest BCUT2D eigenvalue weighted by Crippen LogP contribution is -1.89. The van der Waals surface area contributed by atoms with E-state index < -0.39 is 5.82 Å².